The number of nitrogens with two attached hydrogens (primary N) is 1. The predicted molar refractivity (Wildman–Crippen MR) is 68.2 cm³/mol. The number of aromatic hydroxyl groups is 1. The van der Waals surface area contributed by atoms with Crippen molar-refractivity contribution in [1.82, 2.24) is 0 Å². The number of aliphatic hydroxyl groups excluding tert-OH is 1. The summed E-state index contributed by atoms with van der Waals surface area (Å²) in [6.07, 6.45) is 0.396. The minimum absolute atomic E-state index is 0. The van der Waals surface area contributed by atoms with Crippen LogP contribution in [0.5, 0.6) is 11.5 Å². The molecule has 1 atom stereocenters. The number of hydrogen-bond acceptors (Lipinski definition) is 4. The molecule has 0 spiro atoms. The molecule has 0 amide bonds. The largest absolute Gasteiger partial charge is 0.504 e. The smallest absolute Gasteiger partial charge is 0.162 e. The van der Waals surface area contributed by atoms with Crippen molar-refractivity contribution in [2.45, 2.75) is 12.5 Å². The molecule has 16 heavy (non-hydrogen) atoms. The lowest BCUT2D eigenvalue weighted by Gasteiger charge is -2.15. The van der Waals surface area contributed by atoms with Gasteiger partial charge in [0.2, 0.25) is 0 Å². The summed E-state index contributed by atoms with van der Waals surface area (Å²) in [6, 6.07) is 2.98. The SMILES string of the molecule is COc1cc(Br)cc(C(N)CCO)c1O.Cl. The Morgan fingerprint density at radius 1 is 1.50 bits per heavy atom. The third-order valence-corrected chi connectivity index (χ3v) is 2.59. The van der Waals surface area contributed by atoms with Crippen LogP contribution in [0.2, 0.25) is 0 Å². The highest BCUT2D eigenvalue weighted by molar-refractivity contribution is 9.10. The Morgan fingerprint density at radius 3 is 2.62 bits per heavy atom. The van der Waals surface area contributed by atoms with Gasteiger partial charge in [0.05, 0.1) is 7.11 Å². The lowest BCUT2D eigenvalue weighted by atomic mass is 10.0. The van der Waals surface area contributed by atoms with E-state index in [1.54, 1.807) is 12.1 Å². The number of phenolic OH excluding ortho intramolecular Hbond substituents is 1. The molecule has 0 aliphatic rings. The van der Waals surface area contributed by atoms with Gasteiger partial charge in [0.25, 0.3) is 0 Å². The van der Waals surface area contributed by atoms with E-state index in [9.17, 15) is 5.11 Å². The van der Waals surface area contributed by atoms with Crippen molar-refractivity contribution >= 4 is 28.3 Å². The average molecular weight is 313 g/mol. The average Bonchev–Trinajstić information content (AvgIpc) is 2.21. The standard InChI is InChI=1S/C10H14BrNO3.ClH/c1-15-9-5-6(11)4-7(10(9)14)8(12)2-3-13;/h4-5,8,13-14H,2-3,12H2,1H3;1H. The number of rotatable bonds is 4. The normalized spacial score (nSPS) is 11.8. The molecular weight excluding hydrogens is 297 g/mol. The summed E-state index contributed by atoms with van der Waals surface area (Å²) < 4.78 is 5.77. The van der Waals surface area contributed by atoms with Gasteiger partial charge in [-0.05, 0) is 18.6 Å². The third-order valence-electron chi connectivity index (χ3n) is 2.13. The topological polar surface area (TPSA) is 75.7 Å². The Balaban J connectivity index is 0.00000225. The van der Waals surface area contributed by atoms with Crippen LogP contribution in [0.25, 0.3) is 0 Å². The summed E-state index contributed by atoms with van der Waals surface area (Å²) in [5.41, 5.74) is 6.37. The van der Waals surface area contributed by atoms with Crippen LogP contribution in [0.15, 0.2) is 16.6 Å². The van der Waals surface area contributed by atoms with Gasteiger partial charge in [-0.2, -0.15) is 0 Å². The number of hydrogen-bond donors (Lipinski definition) is 3. The van der Waals surface area contributed by atoms with E-state index in [2.05, 4.69) is 15.9 Å². The Kier molecular flexibility index (Phi) is 6.74. The number of ether oxygens (including phenoxy) is 1. The zero-order valence-electron chi connectivity index (χ0n) is 8.81. The first kappa shape index (κ1) is 15.5. The molecule has 0 fully saturated rings. The molecule has 92 valence electrons. The molecular formula is C10H15BrClNO3. The minimum Gasteiger partial charge on any atom is -0.504 e. The van der Waals surface area contributed by atoms with E-state index in [0.717, 1.165) is 4.47 Å². The van der Waals surface area contributed by atoms with Crippen LogP contribution in [0.1, 0.15) is 18.0 Å². The van der Waals surface area contributed by atoms with Gasteiger partial charge >= 0.3 is 0 Å². The van der Waals surface area contributed by atoms with Crippen molar-refractivity contribution in [1.29, 1.82) is 0 Å². The maximum Gasteiger partial charge on any atom is 0.162 e. The van der Waals surface area contributed by atoms with Crippen molar-refractivity contribution in [3.63, 3.8) is 0 Å². The Labute approximate surface area is 109 Å². The Hall–Kier alpha value is -0.490. The van der Waals surface area contributed by atoms with Crippen molar-refractivity contribution in [3.8, 4) is 11.5 Å². The van der Waals surface area contributed by atoms with Gasteiger partial charge in [0, 0.05) is 22.7 Å². The summed E-state index contributed by atoms with van der Waals surface area (Å²) in [5.74, 6) is 0.398. The second kappa shape index (κ2) is 6.96. The summed E-state index contributed by atoms with van der Waals surface area (Å²) in [6.45, 7) is -0.0184. The maximum atomic E-state index is 9.80. The first-order valence-electron chi connectivity index (χ1n) is 4.53. The highest BCUT2D eigenvalue weighted by atomic mass is 79.9. The van der Waals surface area contributed by atoms with Crippen molar-refractivity contribution in [2.75, 3.05) is 13.7 Å². The van der Waals surface area contributed by atoms with Gasteiger partial charge in [-0.1, -0.05) is 15.9 Å². The molecule has 0 saturated carbocycles. The Bertz CT molecular complexity index is 349. The van der Waals surface area contributed by atoms with E-state index in [4.69, 9.17) is 15.6 Å². The van der Waals surface area contributed by atoms with Crippen LogP contribution in [0.3, 0.4) is 0 Å². The number of methoxy groups -OCH3 is 1. The van der Waals surface area contributed by atoms with E-state index in [-0.39, 0.29) is 24.8 Å². The highest BCUT2D eigenvalue weighted by Crippen LogP contribution is 2.36. The van der Waals surface area contributed by atoms with Crippen LogP contribution >= 0.6 is 28.3 Å². The van der Waals surface area contributed by atoms with E-state index < -0.39 is 6.04 Å². The third kappa shape index (κ3) is 3.52. The summed E-state index contributed by atoms with van der Waals surface area (Å²) in [7, 11) is 1.48. The molecule has 0 aliphatic carbocycles. The summed E-state index contributed by atoms with van der Waals surface area (Å²) in [5, 5.41) is 18.6. The molecule has 0 aromatic heterocycles. The number of aliphatic hydroxyl groups is 1. The van der Waals surface area contributed by atoms with Crippen LogP contribution < -0.4 is 10.5 Å². The first-order valence-corrected chi connectivity index (χ1v) is 5.32. The molecule has 0 aliphatic heterocycles. The van der Waals surface area contributed by atoms with Crippen molar-refractivity contribution in [2.24, 2.45) is 5.73 Å². The molecule has 1 unspecified atom stereocenters. The molecule has 6 heteroatoms. The van der Waals surface area contributed by atoms with Crippen LogP contribution in [-0.2, 0) is 0 Å². The summed E-state index contributed by atoms with van der Waals surface area (Å²) >= 11 is 3.30. The predicted octanol–water partition coefficient (Wildman–Crippen LogP) is 1.97. The van der Waals surface area contributed by atoms with Gasteiger partial charge in [0.1, 0.15) is 0 Å². The van der Waals surface area contributed by atoms with Gasteiger partial charge < -0.3 is 20.7 Å². The van der Waals surface area contributed by atoms with Gasteiger partial charge in [-0.3, -0.25) is 0 Å². The molecule has 0 bridgehead atoms. The van der Waals surface area contributed by atoms with E-state index >= 15 is 0 Å². The fourth-order valence-corrected chi connectivity index (χ4v) is 1.78. The molecule has 1 rings (SSSR count). The van der Waals surface area contributed by atoms with E-state index in [1.807, 2.05) is 0 Å². The Morgan fingerprint density at radius 2 is 2.12 bits per heavy atom. The molecule has 0 radical (unpaired) electrons. The fraction of sp³-hybridized carbons (Fsp3) is 0.400. The maximum absolute atomic E-state index is 9.80. The number of halogens is 2. The van der Waals surface area contributed by atoms with Crippen LogP contribution in [-0.4, -0.2) is 23.9 Å². The van der Waals surface area contributed by atoms with Gasteiger partial charge in [-0.15, -0.1) is 12.4 Å². The summed E-state index contributed by atoms with van der Waals surface area (Å²) in [4.78, 5) is 0. The minimum atomic E-state index is -0.401. The monoisotopic (exact) mass is 311 g/mol. The molecule has 1 aromatic carbocycles. The van der Waals surface area contributed by atoms with Gasteiger partial charge in [0.15, 0.2) is 11.5 Å². The zero-order valence-corrected chi connectivity index (χ0v) is 11.2. The number of phenols is 1. The molecule has 4 N–H and O–H groups in total. The fourth-order valence-electron chi connectivity index (χ4n) is 1.33. The zero-order chi connectivity index (χ0) is 11.4. The molecule has 0 heterocycles. The highest BCUT2D eigenvalue weighted by Gasteiger charge is 2.15. The molecule has 0 saturated heterocycles. The lowest BCUT2D eigenvalue weighted by molar-refractivity contribution is 0.275. The number of benzene rings is 1. The molecule has 1 aromatic rings. The molecule has 4 nitrogen and oxygen atoms in total. The lowest BCUT2D eigenvalue weighted by Crippen LogP contribution is -2.12. The van der Waals surface area contributed by atoms with Crippen LogP contribution in [0, 0.1) is 0 Å². The van der Waals surface area contributed by atoms with Crippen molar-refractivity contribution in [3.05, 3.63) is 22.2 Å². The second-order valence-electron chi connectivity index (χ2n) is 3.16. The van der Waals surface area contributed by atoms with E-state index in [0.29, 0.717) is 17.7 Å². The second-order valence-corrected chi connectivity index (χ2v) is 4.08. The first-order chi connectivity index (χ1) is 7.10. The van der Waals surface area contributed by atoms with Crippen molar-refractivity contribution < 1.29 is 14.9 Å². The van der Waals surface area contributed by atoms with Crippen LogP contribution in [0.4, 0.5) is 0 Å². The quantitative estimate of drug-likeness (QED) is 0.794. The van der Waals surface area contributed by atoms with E-state index in [1.165, 1.54) is 7.11 Å². The van der Waals surface area contributed by atoms with Gasteiger partial charge in [-0.25, -0.2) is 0 Å².